The minimum Gasteiger partial charge on any atom is -0.384 e. The lowest BCUT2D eigenvalue weighted by Crippen LogP contribution is -2.39. The molecule has 1 aromatic rings. The number of rotatable bonds is 3. The first-order valence-corrected chi connectivity index (χ1v) is 5.90. The van der Waals surface area contributed by atoms with E-state index in [9.17, 15) is 4.79 Å². The van der Waals surface area contributed by atoms with Gasteiger partial charge in [0.05, 0.1) is 5.92 Å². The minimum atomic E-state index is 0.0369. The first-order chi connectivity index (χ1) is 8.22. The molecule has 0 bridgehead atoms. The summed E-state index contributed by atoms with van der Waals surface area (Å²) in [6, 6.07) is 8.16. The third-order valence-electron chi connectivity index (χ3n) is 3.15. The maximum Gasteiger partial charge on any atom is 0.227 e. The van der Waals surface area contributed by atoms with Crippen molar-refractivity contribution in [3.8, 4) is 0 Å². The normalized spacial score (nSPS) is 17.8. The van der Waals surface area contributed by atoms with Gasteiger partial charge in [-0.05, 0) is 18.1 Å². The molecule has 1 aliphatic rings. The molecule has 2 rings (SSSR count). The lowest BCUT2D eigenvalue weighted by molar-refractivity contribution is -0.133. The fourth-order valence-corrected chi connectivity index (χ4v) is 2.21. The number of nitrogens with zero attached hydrogens (tertiary/aromatic N) is 1. The second-order valence-corrected chi connectivity index (χ2v) is 4.45. The van der Waals surface area contributed by atoms with E-state index in [1.54, 1.807) is 11.0 Å². The lowest BCUT2D eigenvalue weighted by Gasteiger charge is -2.28. The number of carbonyl (C=O) groups is 1. The summed E-state index contributed by atoms with van der Waals surface area (Å²) in [4.78, 5) is 13.9. The van der Waals surface area contributed by atoms with Crippen LogP contribution in [0.3, 0.4) is 0 Å². The van der Waals surface area contributed by atoms with Crippen molar-refractivity contribution in [2.45, 2.75) is 6.42 Å². The molecule has 0 saturated heterocycles. The summed E-state index contributed by atoms with van der Waals surface area (Å²) >= 11 is 0. The number of benzene rings is 1. The van der Waals surface area contributed by atoms with Crippen LogP contribution < -0.4 is 5.32 Å². The Labute approximate surface area is 102 Å². The monoisotopic (exact) mass is 230 g/mol. The van der Waals surface area contributed by atoms with E-state index >= 15 is 0 Å². The van der Waals surface area contributed by atoms with Gasteiger partial charge in [-0.2, -0.15) is 0 Å². The van der Waals surface area contributed by atoms with Crippen molar-refractivity contribution >= 4 is 11.6 Å². The van der Waals surface area contributed by atoms with E-state index in [-0.39, 0.29) is 11.8 Å². The van der Waals surface area contributed by atoms with Crippen molar-refractivity contribution in [1.82, 2.24) is 4.90 Å². The van der Waals surface area contributed by atoms with Crippen LogP contribution in [0.15, 0.2) is 36.9 Å². The molecule has 1 unspecified atom stereocenters. The van der Waals surface area contributed by atoms with Gasteiger partial charge in [0.25, 0.3) is 0 Å². The van der Waals surface area contributed by atoms with Crippen LogP contribution in [-0.4, -0.2) is 30.9 Å². The quantitative estimate of drug-likeness (QED) is 0.805. The number of hydrogen-bond acceptors (Lipinski definition) is 2. The fourth-order valence-electron chi connectivity index (χ4n) is 2.21. The van der Waals surface area contributed by atoms with Gasteiger partial charge in [0.2, 0.25) is 5.91 Å². The zero-order valence-corrected chi connectivity index (χ0v) is 10.1. The molecule has 0 aliphatic carbocycles. The van der Waals surface area contributed by atoms with Gasteiger partial charge in [-0.25, -0.2) is 0 Å². The molecule has 3 heteroatoms. The fraction of sp³-hybridized carbons (Fsp3) is 0.357. The lowest BCUT2D eigenvalue weighted by atomic mass is 9.93. The van der Waals surface area contributed by atoms with Crippen molar-refractivity contribution in [3.05, 3.63) is 42.5 Å². The second kappa shape index (κ2) is 5.04. The molecule has 1 atom stereocenters. The maximum absolute atomic E-state index is 12.1. The Morgan fingerprint density at radius 3 is 3.12 bits per heavy atom. The summed E-state index contributed by atoms with van der Waals surface area (Å²) in [5.74, 6) is 0.224. The molecule has 0 spiro atoms. The van der Waals surface area contributed by atoms with Crippen LogP contribution in [0.2, 0.25) is 0 Å². The summed E-state index contributed by atoms with van der Waals surface area (Å²) in [6.45, 7) is 4.98. The molecule has 0 fully saturated rings. The van der Waals surface area contributed by atoms with Gasteiger partial charge in [-0.15, -0.1) is 6.58 Å². The zero-order valence-electron chi connectivity index (χ0n) is 10.1. The molecule has 1 amide bonds. The highest BCUT2D eigenvalue weighted by Crippen LogP contribution is 2.25. The SMILES string of the molecule is C=CCN(C)C(=O)C1CNc2ccccc2C1. The van der Waals surface area contributed by atoms with Crippen molar-refractivity contribution in [2.24, 2.45) is 5.92 Å². The van der Waals surface area contributed by atoms with Crippen molar-refractivity contribution < 1.29 is 4.79 Å². The predicted octanol–water partition coefficient (Wildman–Crippen LogP) is 1.92. The third-order valence-corrected chi connectivity index (χ3v) is 3.15. The molecule has 1 aromatic carbocycles. The molecule has 0 saturated carbocycles. The van der Waals surface area contributed by atoms with Gasteiger partial charge >= 0.3 is 0 Å². The average molecular weight is 230 g/mol. The summed E-state index contributed by atoms with van der Waals surface area (Å²) in [5.41, 5.74) is 2.38. The molecule has 17 heavy (non-hydrogen) atoms. The standard InChI is InChI=1S/C14H18N2O/c1-3-8-16(2)14(17)12-9-11-6-4-5-7-13(11)15-10-12/h3-7,12,15H,1,8-10H2,2H3. The molecular formula is C14H18N2O. The molecular weight excluding hydrogens is 212 g/mol. The third kappa shape index (κ3) is 2.49. The van der Waals surface area contributed by atoms with Crippen LogP contribution in [0.5, 0.6) is 0 Å². The number of nitrogens with one attached hydrogen (secondary N) is 1. The topological polar surface area (TPSA) is 32.3 Å². The highest BCUT2D eigenvalue weighted by Gasteiger charge is 2.25. The van der Waals surface area contributed by atoms with Crippen molar-refractivity contribution in [1.29, 1.82) is 0 Å². The highest BCUT2D eigenvalue weighted by molar-refractivity contribution is 5.80. The molecule has 0 aromatic heterocycles. The van der Waals surface area contributed by atoms with E-state index in [0.29, 0.717) is 6.54 Å². The Balaban J connectivity index is 2.07. The van der Waals surface area contributed by atoms with Gasteiger partial charge < -0.3 is 10.2 Å². The van der Waals surface area contributed by atoms with Crippen molar-refractivity contribution in [2.75, 3.05) is 25.5 Å². The number of hydrogen-bond donors (Lipinski definition) is 1. The number of para-hydroxylation sites is 1. The largest absolute Gasteiger partial charge is 0.384 e. The van der Waals surface area contributed by atoms with Crippen molar-refractivity contribution in [3.63, 3.8) is 0 Å². The van der Waals surface area contributed by atoms with E-state index in [2.05, 4.69) is 24.0 Å². The van der Waals surface area contributed by atoms with E-state index in [0.717, 1.165) is 18.7 Å². The average Bonchev–Trinajstić information content (AvgIpc) is 2.37. The van der Waals surface area contributed by atoms with E-state index < -0.39 is 0 Å². The molecule has 1 aliphatic heterocycles. The number of amides is 1. The van der Waals surface area contributed by atoms with Gasteiger partial charge in [-0.3, -0.25) is 4.79 Å². The van der Waals surface area contributed by atoms with Crippen LogP contribution in [0.4, 0.5) is 5.69 Å². The Morgan fingerprint density at radius 1 is 1.59 bits per heavy atom. The smallest absolute Gasteiger partial charge is 0.227 e. The van der Waals surface area contributed by atoms with Crippen LogP contribution >= 0.6 is 0 Å². The predicted molar refractivity (Wildman–Crippen MR) is 70.0 cm³/mol. The second-order valence-electron chi connectivity index (χ2n) is 4.45. The molecule has 0 radical (unpaired) electrons. The highest BCUT2D eigenvalue weighted by atomic mass is 16.2. The maximum atomic E-state index is 12.1. The van der Waals surface area contributed by atoms with E-state index in [1.807, 2.05) is 19.2 Å². The first-order valence-electron chi connectivity index (χ1n) is 5.90. The number of fused-ring (bicyclic) bond motifs is 1. The Morgan fingerprint density at radius 2 is 2.35 bits per heavy atom. The molecule has 3 nitrogen and oxygen atoms in total. The van der Waals surface area contributed by atoms with Crippen LogP contribution in [0, 0.1) is 5.92 Å². The summed E-state index contributed by atoms with van der Waals surface area (Å²) in [6.07, 6.45) is 2.57. The Kier molecular flexibility index (Phi) is 3.47. The van der Waals surface area contributed by atoms with Gasteiger partial charge in [-0.1, -0.05) is 24.3 Å². The number of likely N-dealkylation sites (N-methyl/N-ethyl adjacent to an activating group) is 1. The number of anilines is 1. The van der Waals surface area contributed by atoms with Gasteiger partial charge in [0.1, 0.15) is 0 Å². The van der Waals surface area contributed by atoms with E-state index in [4.69, 9.17) is 0 Å². The van der Waals surface area contributed by atoms with Gasteiger partial charge in [0, 0.05) is 25.8 Å². The molecule has 1 heterocycles. The molecule has 1 N–H and O–H groups in total. The van der Waals surface area contributed by atoms with Crippen LogP contribution in [0.25, 0.3) is 0 Å². The zero-order chi connectivity index (χ0) is 12.3. The Bertz CT molecular complexity index is 428. The number of carbonyl (C=O) groups excluding carboxylic acids is 1. The summed E-state index contributed by atoms with van der Waals surface area (Å²) in [7, 11) is 1.82. The van der Waals surface area contributed by atoms with Crippen LogP contribution in [-0.2, 0) is 11.2 Å². The Hall–Kier alpha value is -1.77. The first kappa shape index (κ1) is 11.7. The minimum absolute atomic E-state index is 0.0369. The van der Waals surface area contributed by atoms with Gasteiger partial charge in [0.15, 0.2) is 0 Å². The summed E-state index contributed by atoms with van der Waals surface area (Å²) < 4.78 is 0. The molecule has 90 valence electrons. The van der Waals surface area contributed by atoms with Crippen LogP contribution in [0.1, 0.15) is 5.56 Å². The van der Waals surface area contributed by atoms with E-state index in [1.165, 1.54) is 5.56 Å². The summed E-state index contributed by atoms with van der Waals surface area (Å²) in [5, 5.41) is 3.32.